The first-order chi connectivity index (χ1) is 8.56. The first-order valence-electron chi connectivity index (χ1n) is 5.16. The van der Waals surface area contributed by atoms with Crippen LogP contribution in [0, 0.1) is 5.82 Å². The number of hydrogen-bond acceptors (Lipinski definition) is 3. The summed E-state index contributed by atoms with van der Waals surface area (Å²) in [5.41, 5.74) is 0.500. The summed E-state index contributed by atoms with van der Waals surface area (Å²) >= 11 is 5.63. The lowest BCUT2D eigenvalue weighted by Crippen LogP contribution is -1.94. The number of carbonyl (C=O) groups excluding carboxylic acids is 1. The smallest absolute Gasteiger partial charge is 0.219 e. The second-order valence-electron chi connectivity index (χ2n) is 3.62. The van der Waals surface area contributed by atoms with Crippen molar-refractivity contribution in [3.05, 3.63) is 52.9 Å². The van der Waals surface area contributed by atoms with Gasteiger partial charge < -0.3 is 4.74 Å². The van der Waals surface area contributed by atoms with E-state index in [1.165, 1.54) is 31.3 Å². The third kappa shape index (κ3) is 2.84. The average Bonchev–Trinajstić information content (AvgIpc) is 2.34. The Morgan fingerprint density at radius 2 is 2.11 bits per heavy atom. The number of hydrogen-bond donors (Lipinski definition) is 0. The van der Waals surface area contributed by atoms with Crippen LogP contribution in [0.25, 0.3) is 0 Å². The molecule has 0 aliphatic heterocycles. The topological polar surface area (TPSA) is 39.2 Å². The number of halogens is 2. The van der Waals surface area contributed by atoms with Crippen molar-refractivity contribution in [2.45, 2.75) is 6.92 Å². The predicted octanol–water partition coefficient (Wildman–Crippen LogP) is 3.87. The van der Waals surface area contributed by atoms with Gasteiger partial charge in [0, 0.05) is 23.9 Å². The lowest BCUT2D eigenvalue weighted by Gasteiger charge is -2.05. The first-order valence-corrected chi connectivity index (χ1v) is 5.54. The van der Waals surface area contributed by atoms with E-state index in [4.69, 9.17) is 16.3 Å². The van der Waals surface area contributed by atoms with Crippen LogP contribution in [-0.4, -0.2) is 10.8 Å². The van der Waals surface area contributed by atoms with E-state index in [9.17, 15) is 9.18 Å². The fraction of sp³-hybridized carbons (Fsp3) is 0.0769. The van der Waals surface area contributed by atoms with Crippen molar-refractivity contribution in [1.29, 1.82) is 0 Å². The quantitative estimate of drug-likeness (QED) is 0.791. The lowest BCUT2D eigenvalue weighted by atomic mass is 10.2. The van der Waals surface area contributed by atoms with Crippen molar-refractivity contribution in [3.8, 4) is 11.6 Å². The lowest BCUT2D eigenvalue weighted by molar-refractivity contribution is 0.101. The van der Waals surface area contributed by atoms with Gasteiger partial charge in [0.05, 0.1) is 5.02 Å². The highest BCUT2D eigenvalue weighted by atomic mass is 35.5. The van der Waals surface area contributed by atoms with Crippen molar-refractivity contribution in [1.82, 2.24) is 4.98 Å². The van der Waals surface area contributed by atoms with E-state index in [0.717, 1.165) is 0 Å². The van der Waals surface area contributed by atoms with Crippen LogP contribution in [0.1, 0.15) is 17.3 Å². The van der Waals surface area contributed by atoms with Crippen LogP contribution in [-0.2, 0) is 0 Å². The molecule has 1 heterocycles. The van der Waals surface area contributed by atoms with Gasteiger partial charge >= 0.3 is 0 Å². The molecule has 1 aromatic heterocycles. The van der Waals surface area contributed by atoms with Crippen LogP contribution in [0.2, 0.25) is 5.02 Å². The minimum atomic E-state index is -0.510. The summed E-state index contributed by atoms with van der Waals surface area (Å²) in [6.07, 6.45) is 1.42. The number of nitrogens with zero attached hydrogens (tertiary/aromatic N) is 1. The highest BCUT2D eigenvalue weighted by Gasteiger charge is 2.05. The van der Waals surface area contributed by atoms with Crippen molar-refractivity contribution in [3.63, 3.8) is 0 Å². The third-order valence-corrected chi connectivity index (χ3v) is 2.55. The summed E-state index contributed by atoms with van der Waals surface area (Å²) < 4.78 is 18.3. The van der Waals surface area contributed by atoms with Gasteiger partial charge in [0.2, 0.25) is 5.88 Å². The Hall–Kier alpha value is -1.94. The number of rotatable bonds is 3. The molecule has 0 saturated carbocycles. The number of aromatic nitrogens is 1. The monoisotopic (exact) mass is 265 g/mol. The Bertz CT molecular complexity index is 584. The second kappa shape index (κ2) is 5.14. The summed E-state index contributed by atoms with van der Waals surface area (Å²) in [5.74, 6) is 0.106. The zero-order valence-corrected chi connectivity index (χ0v) is 10.2. The molecule has 92 valence electrons. The van der Waals surface area contributed by atoms with Crippen molar-refractivity contribution < 1.29 is 13.9 Å². The summed E-state index contributed by atoms with van der Waals surface area (Å²) in [4.78, 5) is 15.0. The molecule has 0 bridgehead atoms. The normalized spacial score (nSPS) is 10.2. The highest BCUT2D eigenvalue weighted by molar-refractivity contribution is 6.30. The zero-order valence-electron chi connectivity index (χ0n) is 9.48. The van der Waals surface area contributed by atoms with E-state index < -0.39 is 5.82 Å². The number of ketones is 1. The second-order valence-corrected chi connectivity index (χ2v) is 4.03. The van der Waals surface area contributed by atoms with E-state index in [0.29, 0.717) is 17.2 Å². The third-order valence-electron chi connectivity index (χ3n) is 2.26. The molecule has 3 nitrogen and oxygen atoms in total. The minimum Gasteiger partial charge on any atom is -0.439 e. The SMILES string of the molecule is CC(=O)c1ccc(Oc2ccc(F)c(Cl)c2)nc1. The molecule has 2 rings (SSSR count). The molecule has 0 spiro atoms. The predicted molar refractivity (Wildman–Crippen MR) is 65.7 cm³/mol. The van der Waals surface area contributed by atoms with Gasteiger partial charge in [-0.05, 0) is 25.1 Å². The standard InChI is InChI=1S/C13H9ClFNO2/c1-8(17)9-2-5-13(16-7-9)18-10-3-4-12(15)11(14)6-10/h2-7H,1H3. The molecule has 0 aliphatic rings. The van der Waals surface area contributed by atoms with Crippen LogP contribution >= 0.6 is 11.6 Å². The fourth-order valence-electron chi connectivity index (χ4n) is 1.31. The molecule has 0 aliphatic carbocycles. The largest absolute Gasteiger partial charge is 0.439 e. The molecule has 1 aromatic carbocycles. The van der Waals surface area contributed by atoms with Gasteiger partial charge in [0.15, 0.2) is 5.78 Å². The maximum Gasteiger partial charge on any atom is 0.219 e. The highest BCUT2D eigenvalue weighted by Crippen LogP contribution is 2.24. The maximum absolute atomic E-state index is 12.9. The average molecular weight is 266 g/mol. The maximum atomic E-state index is 12.9. The van der Waals surface area contributed by atoms with Crippen LogP contribution in [0.5, 0.6) is 11.6 Å². The van der Waals surface area contributed by atoms with Gasteiger partial charge in [-0.15, -0.1) is 0 Å². The van der Waals surface area contributed by atoms with Gasteiger partial charge in [0.1, 0.15) is 11.6 Å². The molecule has 18 heavy (non-hydrogen) atoms. The van der Waals surface area contributed by atoms with Gasteiger partial charge in [-0.3, -0.25) is 4.79 Å². The minimum absolute atomic E-state index is 0.0205. The van der Waals surface area contributed by atoms with Gasteiger partial charge in [-0.1, -0.05) is 11.6 Å². The van der Waals surface area contributed by atoms with Crippen LogP contribution in [0.4, 0.5) is 4.39 Å². The number of ether oxygens (including phenoxy) is 1. The number of pyridine rings is 1. The molecule has 0 N–H and O–H groups in total. The van der Waals surface area contributed by atoms with Gasteiger partial charge in [-0.25, -0.2) is 9.37 Å². The van der Waals surface area contributed by atoms with E-state index in [2.05, 4.69) is 4.98 Å². The molecule has 0 fully saturated rings. The van der Waals surface area contributed by atoms with Crippen molar-refractivity contribution in [2.24, 2.45) is 0 Å². The summed E-state index contributed by atoms with van der Waals surface area (Å²) in [6, 6.07) is 7.19. The van der Waals surface area contributed by atoms with Crippen LogP contribution in [0.15, 0.2) is 36.5 Å². The molecule has 0 atom stereocenters. The van der Waals surface area contributed by atoms with Crippen LogP contribution in [0.3, 0.4) is 0 Å². The molecule has 2 aromatic rings. The molecular formula is C13H9ClFNO2. The zero-order chi connectivity index (χ0) is 13.1. The fourth-order valence-corrected chi connectivity index (χ4v) is 1.48. The Morgan fingerprint density at radius 1 is 1.33 bits per heavy atom. The molecular weight excluding hydrogens is 257 g/mol. The Balaban J connectivity index is 2.18. The molecule has 0 saturated heterocycles. The van der Waals surface area contributed by atoms with E-state index in [1.807, 2.05) is 0 Å². The van der Waals surface area contributed by atoms with Crippen LogP contribution < -0.4 is 4.74 Å². The Morgan fingerprint density at radius 3 is 2.67 bits per heavy atom. The molecule has 0 unspecified atom stereocenters. The summed E-state index contributed by atoms with van der Waals surface area (Å²) in [5, 5.41) is -0.0205. The van der Waals surface area contributed by atoms with Crippen molar-refractivity contribution in [2.75, 3.05) is 0 Å². The van der Waals surface area contributed by atoms with Gasteiger partial charge in [-0.2, -0.15) is 0 Å². The van der Waals surface area contributed by atoms with E-state index >= 15 is 0 Å². The molecule has 5 heteroatoms. The van der Waals surface area contributed by atoms with E-state index in [-0.39, 0.29) is 10.8 Å². The van der Waals surface area contributed by atoms with Gasteiger partial charge in [0.25, 0.3) is 0 Å². The number of Topliss-reactive ketones (excluding diaryl/α,β-unsaturated/α-hetero) is 1. The summed E-state index contributed by atoms with van der Waals surface area (Å²) in [7, 11) is 0. The Labute approximate surface area is 108 Å². The first kappa shape index (κ1) is 12.5. The Kier molecular flexibility index (Phi) is 3.58. The van der Waals surface area contributed by atoms with Crippen molar-refractivity contribution >= 4 is 17.4 Å². The number of benzene rings is 1. The van der Waals surface area contributed by atoms with E-state index in [1.54, 1.807) is 12.1 Å². The molecule has 0 amide bonds. The summed E-state index contributed by atoms with van der Waals surface area (Å²) in [6.45, 7) is 1.46. The number of carbonyl (C=O) groups is 1. The molecule has 0 radical (unpaired) electrons.